The molecule has 1 aromatic heterocycles. The fraction of sp³-hybridized carbons (Fsp3) is 0.500. The Kier molecular flexibility index (Phi) is 4.31. The van der Waals surface area contributed by atoms with Crippen molar-refractivity contribution in [3.8, 4) is 5.75 Å². The lowest BCUT2D eigenvalue weighted by Gasteiger charge is -2.18. The molecule has 0 amide bonds. The van der Waals surface area contributed by atoms with Crippen molar-refractivity contribution in [1.82, 2.24) is 4.57 Å². The number of carboxylic acids is 1. The minimum Gasteiger partial charge on any atom is -0.508 e. The van der Waals surface area contributed by atoms with Gasteiger partial charge in [0.05, 0.1) is 0 Å². The number of hydrogen-bond acceptors (Lipinski definition) is 3. The zero-order valence-electron chi connectivity index (χ0n) is 9.96. The zero-order valence-corrected chi connectivity index (χ0v) is 9.96. The van der Waals surface area contributed by atoms with Crippen LogP contribution >= 0.6 is 0 Å². The number of rotatable bonds is 5. The van der Waals surface area contributed by atoms with Gasteiger partial charge in [0.15, 0.2) is 0 Å². The van der Waals surface area contributed by atoms with Gasteiger partial charge in [-0.05, 0) is 18.4 Å². The summed E-state index contributed by atoms with van der Waals surface area (Å²) in [6, 6.07) is 1.46. The van der Waals surface area contributed by atoms with Crippen LogP contribution in [0.5, 0.6) is 5.75 Å². The predicted octanol–water partition coefficient (Wildman–Crippen LogP) is 1.62. The SMILES string of the molecule is CCC(C)CC(C(=O)O)n1ccc(O)cc1=O. The van der Waals surface area contributed by atoms with Crippen LogP contribution in [0.4, 0.5) is 0 Å². The van der Waals surface area contributed by atoms with Crippen molar-refractivity contribution in [2.24, 2.45) is 5.92 Å². The molecule has 2 unspecified atom stereocenters. The van der Waals surface area contributed by atoms with Gasteiger partial charge in [0.2, 0.25) is 0 Å². The second-order valence-electron chi connectivity index (χ2n) is 4.23. The molecule has 0 radical (unpaired) electrons. The van der Waals surface area contributed by atoms with Crippen LogP contribution in [0.3, 0.4) is 0 Å². The molecule has 1 aromatic rings. The van der Waals surface area contributed by atoms with E-state index >= 15 is 0 Å². The van der Waals surface area contributed by atoms with E-state index in [4.69, 9.17) is 10.2 Å². The Balaban J connectivity index is 3.06. The maximum atomic E-state index is 11.6. The van der Waals surface area contributed by atoms with E-state index in [-0.39, 0.29) is 11.7 Å². The number of aromatic hydroxyl groups is 1. The number of hydrogen-bond donors (Lipinski definition) is 2. The van der Waals surface area contributed by atoms with Gasteiger partial charge < -0.3 is 14.8 Å². The number of aliphatic carboxylic acids is 1. The van der Waals surface area contributed by atoms with E-state index in [9.17, 15) is 9.59 Å². The van der Waals surface area contributed by atoms with E-state index < -0.39 is 17.6 Å². The van der Waals surface area contributed by atoms with Crippen LogP contribution in [-0.2, 0) is 4.79 Å². The van der Waals surface area contributed by atoms with Gasteiger partial charge >= 0.3 is 5.97 Å². The van der Waals surface area contributed by atoms with Crippen molar-refractivity contribution < 1.29 is 15.0 Å². The average molecular weight is 239 g/mol. The molecule has 17 heavy (non-hydrogen) atoms. The summed E-state index contributed by atoms with van der Waals surface area (Å²) >= 11 is 0. The van der Waals surface area contributed by atoms with Gasteiger partial charge in [-0.2, -0.15) is 0 Å². The minimum atomic E-state index is -1.03. The summed E-state index contributed by atoms with van der Waals surface area (Å²) < 4.78 is 1.15. The lowest BCUT2D eigenvalue weighted by atomic mass is 9.99. The molecule has 0 aromatic carbocycles. The summed E-state index contributed by atoms with van der Waals surface area (Å²) in [7, 11) is 0. The smallest absolute Gasteiger partial charge is 0.326 e. The van der Waals surface area contributed by atoms with Gasteiger partial charge in [-0.1, -0.05) is 20.3 Å². The van der Waals surface area contributed by atoms with Crippen molar-refractivity contribution in [3.05, 3.63) is 28.7 Å². The Morgan fingerprint density at radius 3 is 2.65 bits per heavy atom. The summed E-state index contributed by atoms with van der Waals surface area (Å²) in [6.07, 6.45) is 2.58. The molecule has 0 aliphatic carbocycles. The number of carboxylic acid groups (broad SMARTS) is 1. The third kappa shape index (κ3) is 3.34. The van der Waals surface area contributed by atoms with Crippen LogP contribution in [0.15, 0.2) is 23.1 Å². The third-order valence-corrected chi connectivity index (χ3v) is 2.88. The fourth-order valence-corrected chi connectivity index (χ4v) is 1.62. The second kappa shape index (κ2) is 5.52. The van der Waals surface area contributed by atoms with Crippen LogP contribution in [-0.4, -0.2) is 20.7 Å². The quantitative estimate of drug-likeness (QED) is 0.818. The summed E-state index contributed by atoms with van der Waals surface area (Å²) in [4.78, 5) is 22.8. The molecule has 0 aliphatic rings. The molecule has 5 nitrogen and oxygen atoms in total. The first-order valence-corrected chi connectivity index (χ1v) is 5.59. The molecule has 0 fully saturated rings. The van der Waals surface area contributed by atoms with E-state index in [1.165, 1.54) is 12.3 Å². The van der Waals surface area contributed by atoms with Crippen molar-refractivity contribution in [1.29, 1.82) is 0 Å². The molecule has 2 N–H and O–H groups in total. The van der Waals surface area contributed by atoms with Crippen molar-refractivity contribution in [2.75, 3.05) is 0 Å². The lowest BCUT2D eigenvalue weighted by molar-refractivity contribution is -0.141. The normalized spacial score (nSPS) is 14.2. The summed E-state index contributed by atoms with van der Waals surface area (Å²) in [5, 5.41) is 18.3. The molecular weight excluding hydrogens is 222 g/mol. The molecule has 5 heteroatoms. The Hall–Kier alpha value is -1.78. The molecule has 1 rings (SSSR count). The predicted molar refractivity (Wildman–Crippen MR) is 63.1 cm³/mol. The van der Waals surface area contributed by atoms with Crippen molar-refractivity contribution in [2.45, 2.75) is 32.7 Å². The number of nitrogens with zero attached hydrogens (tertiary/aromatic N) is 1. The fourth-order valence-electron chi connectivity index (χ4n) is 1.62. The number of aromatic nitrogens is 1. The Labute approximate surface area is 99.3 Å². The van der Waals surface area contributed by atoms with Crippen molar-refractivity contribution in [3.63, 3.8) is 0 Å². The van der Waals surface area contributed by atoms with Gasteiger partial charge in [-0.15, -0.1) is 0 Å². The maximum Gasteiger partial charge on any atom is 0.326 e. The Morgan fingerprint density at radius 2 is 2.18 bits per heavy atom. The zero-order chi connectivity index (χ0) is 13.0. The number of carbonyl (C=O) groups is 1. The van der Waals surface area contributed by atoms with Crippen LogP contribution in [0.1, 0.15) is 32.7 Å². The molecular formula is C12H17NO4. The molecule has 0 aliphatic heterocycles. The largest absolute Gasteiger partial charge is 0.508 e. The Bertz CT molecular complexity index is 452. The highest BCUT2D eigenvalue weighted by molar-refractivity contribution is 5.71. The minimum absolute atomic E-state index is 0.154. The summed E-state index contributed by atoms with van der Waals surface area (Å²) in [5.74, 6) is -0.964. The van der Waals surface area contributed by atoms with Crippen LogP contribution in [0.25, 0.3) is 0 Å². The lowest BCUT2D eigenvalue weighted by Crippen LogP contribution is -2.30. The highest BCUT2D eigenvalue weighted by Crippen LogP contribution is 2.19. The van der Waals surface area contributed by atoms with Gasteiger partial charge in [0.25, 0.3) is 5.56 Å². The average Bonchev–Trinajstić information content (AvgIpc) is 2.26. The molecule has 0 bridgehead atoms. The maximum absolute atomic E-state index is 11.6. The van der Waals surface area contributed by atoms with Crippen LogP contribution < -0.4 is 5.56 Å². The summed E-state index contributed by atoms with van der Waals surface area (Å²) in [6.45, 7) is 3.92. The highest BCUT2D eigenvalue weighted by atomic mass is 16.4. The molecule has 1 heterocycles. The Morgan fingerprint density at radius 1 is 1.53 bits per heavy atom. The molecule has 0 saturated carbocycles. The van der Waals surface area contributed by atoms with E-state index in [2.05, 4.69) is 0 Å². The van der Waals surface area contributed by atoms with E-state index in [1.807, 2.05) is 13.8 Å². The topological polar surface area (TPSA) is 79.5 Å². The van der Waals surface area contributed by atoms with E-state index in [1.54, 1.807) is 0 Å². The van der Waals surface area contributed by atoms with Gasteiger partial charge in [-0.3, -0.25) is 4.79 Å². The molecule has 94 valence electrons. The molecule has 0 spiro atoms. The van der Waals surface area contributed by atoms with Crippen LogP contribution in [0, 0.1) is 5.92 Å². The number of pyridine rings is 1. The monoisotopic (exact) mass is 239 g/mol. The first-order chi connectivity index (χ1) is 7.95. The standard InChI is InChI=1S/C12H17NO4/c1-3-8(2)6-10(12(16)17)13-5-4-9(14)7-11(13)15/h4-5,7-8,10,14H,3,6H2,1-2H3,(H,16,17). The molecule has 0 saturated heterocycles. The van der Waals surface area contributed by atoms with Gasteiger partial charge in [0, 0.05) is 12.3 Å². The first kappa shape index (κ1) is 13.3. The third-order valence-electron chi connectivity index (χ3n) is 2.88. The summed E-state index contributed by atoms with van der Waals surface area (Å²) in [5.41, 5.74) is -0.499. The van der Waals surface area contributed by atoms with E-state index in [0.717, 1.165) is 17.1 Å². The highest BCUT2D eigenvalue weighted by Gasteiger charge is 2.22. The molecule has 2 atom stereocenters. The van der Waals surface area contributed by atoms with Crippen LogP contribution in [0.2, 0.25) is 0 Å². The second-order valence-corrected chi connectivity index (χ2v) is 4.23. The van der Waals surface area contributed by atoms with Gasteiger partial charge in [-0.25, -0.2) is 4.79 Å². The van der Waals surface area contributed by atoms with Crippen molar-refractivity contribution >= 4 is 5.97 Å². The first-order valence-electron chi connectivity index (χ1n) is 5.59. The van der Waals surface area contributed by atoms with E-state index in [0.29, 0.717) is 6.42 Å². The van der Waals surface area contributed by atoms with Gasteiger partial charge in [0.1, 0.15) is 11.8 Å².